The summed E-state index contributed by atoms with van der Waals surface area (Å²) in [6, 6.07) is 15.9. The molecule has 150 valence electrons. The second-order valence-electron chi connectivity index (χ2n) is 6.87. The molecule has 1 aliphatic rings. The maximum atomic E-state index is 13.5. The predicted molar refractivity (Wildman–Crippen MR) is 115 cm³/mol. The van der Waals surface area contributed by atoms with E-state index in [4.69, 9.17) is 10.00 Å². The molecule has 0 fully saturated rings. The van der Waals surface area contributed by atoms with Crippen LogP contribution in [0.15, 0.2) is 53.4 Å². The maximum absolute atomic E-state index is 13.5. The number of sulfonamides is 1. The van der Waals surface area contributed by atoms with Gasteiger partial charge in [0.1, 0.15) is 24.1 Å². The molecule has 0 atom stereocenters. The van der Waals surface area contributed by atoms with Gasteiger partial charge in [-0.1, -0.05) is 0 Å². The smallest absolute Gasteiger partial charge is 0.264 e. The van der Waals surface area contributed by atoms with Crippen molar-refractivity contribution in [1.29, 1.82) is 5.26 Å². The summed E-state index contributed by atoms with van der Waals surface area (Å²) in [4.78, 5) is 7.65. The number of H-pyrrole nitrogens is 1. The Bertz CT molecular complexity index is 1430. The number of ether oxygens (including phenoxy) is 1. The molecule has 0 saturated heterocycles. The minimum atomic E-state index is -3.79. The number of rotatable bonds is 3. The zero-order chi connectivity index (χ0) is 20.9. The molecule has 30 heavy (non-hydrogen) atoms. The van der Waals surface area contributed by atoms with Crippen molar-refractivity contribution in [3.63, 3.8) is 0 Å². The van der Waals surface area contributed by atoms with Crippen LogP contribution < -0.4 is 9.04 Å². The van der Waals surface area contributed by atoms with Crippen molar-refractivity contribution in [3.8, 4) is 23.1 Å². The molecule has 1 aliphatic heterocycles. The lowest BCUT2D eigenvalue weighted by Gasteiger charge is -2.30. The Morgan fingerprint density at radius 3 is 2.87 bits per heavy atom. The fourth-order valence-electron chi connectivity index (χ4n) is 3.55. The van der Waals surface area contributed by atoms with Gasteiger partial charge in [0, 0.05) is 11.3 Å². The van der Waals surface area contributed by atoms with Crippen molar-refractivity contribution < 1.29 is 13.2 Å². The van der Waals surface area contributed by atoms with Gasteiger partial charge in [-0.05, 0) is 55.5 Å². The minimum absolute atomic E-state index is 0.215. The molecule has 2 aromatic heterocycles. The molecule has 0 unspecified atom stereocenters. The Hall–Kier alpha value is -3.35. The van der Waals surface area contributed by atoms with Crippen LogP contribution in [0.3, 0.4) is 0 Å². The number of nitrogens with one attached hydrogen (secondary N) is 1. The van der Waals surface area contributed by atoms with Gasteiger partial charge >= 0.3 is 0 Å². The van der Waals surface area contributed by atoms with Crippen LogP contribution in [0.2, 0.25) is 0 Å². The van der Waals surface area contributed by atoms with E-state index in [1.807, 2.05) is 13.0 Å². The summed E-state index contributed by atoms with van der Waals surface area (Å²) >= 11 is 1.47. The second kappa shape index (κ2) is 6.86. The van der Waals surface area contributed by atoms with Crippen molar-refractivity contribution in [2.24, 2.45) is 0 Å². The average molecular weight is 437 g/mol. The summed E-state index contributed by atoms with van der Waals surface area (Å²) in [5, 5.41) is 9.94. The SMILES string of the molecule is Cc1nc2ccc(S(=O)(=O)N3CCOc4ccc(-c5ccc(C#N)[nH]5)cc43)cc2s1. The number of aromatic amines is 1. The molecule has 1 N–H and O–H groups in total. The Labute approximate surface area is 177 Å². The lowest BCUT2D eigenvalue weighted by Crippen LogP contribution is -2.37. The molecule has 3 heterocycles. The van der Waals surface area contributed by atoms with Crippen molar-refractivity contribution in [2.75, 3.05) is 17.5 Å². The summed E-state index contributed by atoms with van der Waals surface area (Å²) < 4.78 is 34.9. The van der Waals surface area contributed by atoms with Crippen molar-refractivity contribution in [3.05, 3.63) is 59.2 Å². The van der Waals surface area contributed by atoms with Crippen LogP contribution in [0.5, 0.6) is 5.75 Å². The number of thiazole rings is 1. The average Bonchev–Trinajstić information content (AvgIpc) is 3.37. The van der Waals surface area contributed by atoms with Crippen LogP contribution in [0.25, 0.3) is 21.5 Å². The summed E-state index contributed by atoms with van der Waals surface area (Å²) in [7, 11) is -3.79. The highest BCUT2D eigenvalue weighted by atomic mass is 32.2. The largest absolute Gasteiger partial charge is 0.489 e. The Morgan fingerprint density at radius 1 is 1.20 bits per heavy atom. The molecule has 7 nitrogen and oxygen atoms in total. The molecular formula is C21H16N4O3S2. The molecule has 5 rings (SSSR count). The number of aryl methyl sites for hydroxylation is 1. The van der Waals surface area contributed by atoms with Gasteiger partial charge in [-0.2, -0.15) is 5.26 Å². The van der Waals surface area contributed by atoms with Crippen molar-refractivity contribution in [2.45, 2.75) is 11.8 Å². The Kier molecular flexibility index (Phi) is 4.27. The highest BCUT2D eigenvalue weighted by molar-refractivity contribution is 7.92. The van der Waals surface area contributed by atoms with Crippen LogP contribution >= 0.6 is 11.3 Å². The third-order valence-electron chi connectivity index (χ3n) is 4.95. The van der Waals surface area contributed by atoms with Crippen LogP contribution in [-0.2, 0) is 10.0 Å². The number of benzene rings is 2. The molecular weight excluding hydrogens is 420 g/mol. The maximum Gasteiger partial charge on any atom is 0.264 e. The number of aromatic nitrogens is 2. The standard InChI is InChI=1S/C21H16N4O3S2/c1-13-23-18-6-4-16(11-21(18)29-13)30(26,27)25-8-9-28-20-7-2-14(10-19(20)25)17-5-3-15(12-22)24-17/h2-7,10-11,24H,8-9H2,1H3. The summed E-state index contributed by atoms with van der Waals surface area (Å²) in [5.74, 6) is 0.510. The van der Waals surface area contributed by atoms with E-state index in [0.29, 0.717) is 17.1 Å². The Morgan fingerprint density at radius 2 is 2.07 bits per heavy atom. The molecule has 0 aliphatic carbocycles. The normalized spacial score (nSPS) is 13.7. The fraction of sp³-hybridized carbons (Fsp3) is 0.143. The third kappa shape index (κ3) is 3.01. The van der Waals surface area contributed by atoms with E-state index in [1.54, 1.807) is 42.5 Å². The van der Waals surface area contributed by atoms with E-state index in [2.05, 4.69) is 16.0 Å². The molecule has 0 radical (unpaired) electrons. The number of anilines is 1. The summed E-state index contributed by atoms with van der Waals surface area (Å²) in [6.45, 7) is 2.39. The number of fused-ring (bicyclic) bond motifs is 2. The van der Waals surface area contributed by atoms with E-state index >= 15 is 0 Å². The molecule has 0 saturated carbocycles. The number of nitriles is 1. The first-order valence-electron chi connectivity index (χ1n) is 9.22. The molecule has 2 aromatic carbocycles. The van der Waals surface area contributed by atoms with Crippen LogP contribution in [-0.4, -0.2) is 31.5 Å². The lowest BCUT2D eigenvalue weighted by molar-refractivity contribution is 0.316. The van der Waals surface area contributed by atoms with Gasteiger partial charge in [-0.25, -0.2) is 13.4 Å². The van der Waals surface area contributed by atoms with Crippen LogP contribution in [0.1, 0.15) is 10.7 Å². The fourth-order valence-corrected chi connectivity index (χ4v) is 5.97. The lowest BCUT2D eigenvalue weighted by atomic mass is 10.1. The van der Waals surface area contributed by atoms with E-state index in [1.165, 1.54) is 15.6 Å². The van der Waals surface area contributed by atoms with Gasteiger partial charge in [0.25, 0.3) is 10.0 Å². The van der Waals surface area contributed by atoms with Gasteiger partial charge in [-0.15, -0.1) is 11.3 Å². The predicted octanol–water partition coefficient (Wildman–Crippen LogP) is 4.06. The van der Waals surface area contributed by atoms with E-state index in [9.17, 15) is 8.42 Å². The zero-order valence-electron chi connectivity index (χ0n) is 15.9. The molecule has 0 bridgehead atoms. The minimum Gasteiger partial charge on any atom is -0.489 e. The third-order valence-corrected chi connectivity index (χ3v) is 7.69. The van der Waals surface area contributed by atoms with Gasteiger partial charge < -0.3 is 9.72 Å². The first kappa shape index (κ1) is 18.7. The van der Waals surface area contributed by atoms with E-state index in [-0.39, 0.29) is 18.0 Å². The molecule has 0 amide bonds. The Balaban J connectivity index is 1.60. The number of hydrogen-bond acceptors (Lipinski definition) is 6. The van der Waals surface area contributed by atoms with Crippen LogP contribution in [0.4, 0.5) is 5.69 Å². The quantitative estimate of drug-likeness (QED) is 0.522. The van der Waals surface area contributed by atoms with Gasteiger partial charge in [0.15, 0.2) is 0 Å². The van der Waals surface area contributed by atoms with Gasteiger partial charge in [-0.3, -0.25) is 4.31 Å². The molecule has 0 spiro atoms. The first-order chi connectivity index (χ1) is 14.5. The highest BCUT2D eigenvalue weighted by Gasteiger charge is 2.31. The number of nitrogens with zero attached hydrogens (tertiary/aromatic N) is 3. The number of hydrogen-bond donors (Lipinski definition) is 1. The monoisotopic (exact) mass is 436 g/mol. The van der Waals surface area contributed by atoms with Crippen molar-refractivity contribution >= 4 is 37.3 Å². The molecule has 9 heteroatoms. The van der Waals surface area contributed by atoms with E-state index < -0.39 is 10.0 Å². The van der Waals surface area contributed by atoms with E-state index in [0.717, 1.165) is 26.5 Å². The van der Waals surface area contributed by atoms with Crippen molar-refractivity contribution in [1.82, 2.24) is 9.97 Å². The topological polar surface area (TPSA) is 99.1 Å². The van der Waals surface area contributed by atoms with Gasteiger partial charge in [0.2, 0.25) is 0 Å². The van der Waals surface area contributed by atoms with Crippen LogP contribution in [0, 0.1) is 18.3 Å². The highest BCUT2D eigenvalue weighted by Crippen LogP contribution is 2.39. The zero-order valence-corrected chi connectivity index (χ0v) is 17.5. The summed E-state index contributed by atoms with van der Waals surface area (Å²) in [5.41, 5.74) is 3.22. The summed E-state index contributed by atoms with van der Waals surface area (Å²) in [6.07, 6.45) is 0. The second-order valence-corrected chi connectivity index (χ2v) is 9.97. The van der Waals surface area contributed by atoms with Gasteiger partial charge in [0.05, 0.1) is 32.4 Å². The molecule has 4 aromatic rings. The first-order valence-corrected chi connectivity index (χ1v) is 11.5.